The summed E-state index contributed by atoms with van der Waals surface area (Å²) in [6.45, 7) is 2.95. The maximum Gasteiger partial charge on any atom is 0.324 e. The summed E-state index contributed by atoms with van der Waals surface area (Å²) in [6.07, 6.45) is 14.0. The normalized spacial score (nSPS) is 22.6. The quantitative estimate of drug-likeness (QED) is 0.360. The summed E-state index contributed by atoms with van der Waals surface area (Å²) >= 11 is 2.57. The maximum absolute atomic E-state index is 13.4. The predicted molar refractivity (Wildman–Crippen MR) is 125 cm³/mol. The van der Waals surface area contributed by atoms with Gasteiger partial charge < -0.3 is 14.7 Å². The fraction of sp³-hybridized carbons (Fsp3) is 0.773. The summed E-state index contributed by atoms with van der Waals surface area (Å²) in [5, 5.41) is 12.4. The molecule has 2 saturated carbocycles. The van der Waals surface area contributed by atoms with Crippen LogP contribution in [-0.2, 0) is 9.53 Å². The summed E-state index contributed by atoms with van der Waals surface area (Å²) in [7, 11) is 0. The molecule has 7 nitrogen and oxygen atoms in total. The van der Waals surface area contributed by atoms with E-state index in [1.54, 1.807) is 6.20 Å². The van der Waals surface area contributed by atoms with E-state index in [1.807, 2.05) is 0 Å². The number of hydrogen-bond acceptors (Lipinski definition) is 6. The zero-order valence-corrected chi connectivity index (χ0v) is 20.0. The van der Waals surface area contributed by atoms with Crippen LogP contribution in [0.2, 0.25) is 0 Å². The minimum absolute atomic E-state index is 0.00682. The van der Waals surface area contributed by atoms with Crippen molar-refractivity contribution in [3.8, 4) is 0 Å². The Labute approximate surface area is 193 Å². The van der Waals surface area contributed by atoms with Crippen LogP contribution in [0.15, 0.2) is 10.4 Å². The molecule has 0 unspecified atom stereocenters. The van der Waals surface area contributed by atoms with Gasteiger partial charge in [-0.15, -0.1) is 11.8 Å². The van der Waals surface area contributed by atoms with Gasteiger partial charge in [-0.3, -0.25) is 10.1 Å². The molecule has 31 heavy (non-hydrogen) atoms. The van der Waals surface area contributed by atoms with Gasteiger partial charge in [-0.1, -0.05) is 43.9 Å². The van der Waals surface area contributed by atoms with Gasteiger partial charge in [-0.2, -0.15) is 0 Å². The minimum Gasteiger partial charge on any atom is -0.481 e. The molecule has 0 spiro atoms. The van der Waals surface area contributed by atoms with E-state index in [9.17, 15) is 9.59 Å². The lowest BCUT2D eigenvalue weighted by Gasteiger charge is -2.41. The maximum atomic E-state index is 13.4. The van der Waals surface area contributed by atoms with Crippen LogP contribution in [0.25, 0.3) is 0 Å². The summed E-state index contributed by atoms with van der Waals surface area (Å²) < 4.78 is 6.75. The Kier molecular flexibility index (Phi) is 9.93. The average Bonchev–Trinajstić information content (AvgIpc) is 3.03. The number of carbonyl (C=O) groups excluding carboxylic acids is 1. The Morgan fingerprint density at radius 3 is 2.48 bits per heavy atom. The van der Waals surface area contributed by atoms with Crippen molar-refractivity contribution in [1.29, 1.82) is 0 Å². The number of anilines is 1. The molecule has 2 N–H and O–H groups in total. The summed E-state index contributed by atoms with van der Waals surface area (Å²) in [6, 6.07) is 0.459. The molecule has 0 bridgehead atoms. The Hall–Kier alpha value is -1.32. The highest BCUT2D eigenvalue weighted by atomic mass is 32.2. The number of urea groups is 1. The Balaban J connectivity index is 1.64. The van der Waals surface area contributed by atoms with Gasteiger partial charge in [0.1, 0.15) is 0 Å². The number of carbonyl (C=O) groups is 2. The first-order valence-electron chi connectivity index (χ1n) is 11.6. The highest BCUT2D eigenvalue weighted by Gasteiger charge is 2.34. The van der Waals surface area contributed by atoms with Crippen molar-refractivity contribution in [2.75, 3.05) is 17.7 Å². The van der Waals surface area contributed by atoms with Gasteiger partial charge in [0.2, 0.25) is 0 Å². The first-order chi connectivity index (χ1) is 15.1. The zero-order chi connectivity index (χ0) is 22.1. The van der Waals surface area contributed by atoms with Crippen LogP contribution < -0.4 is 5.32 Å². The lowest BCUT2D eigenvalue weighted by Crippen LogP contribution is -2.50. The largest absolute Gasteiger partial charge is 0.481 e. The van der Waals surface area contributed by atoms with E-state index < -0.39 is 5.97 Å². The van der Waals surface area contributed by atoms with Crippen molar-refractivity contribution >= 4 is 40.2 Å². The van der Waals surface area contributed by atoms with E-state index in [0.717, 1.165) is 55.8 Å². The molecule has 2 aliphatic rings. The molecule has 0 atom stereocenters. The number of hydrogen-bond donors (Lipinski definition) is 2. The van der Waals surface area contributed by atoms with Gasteiger partial charge in [0.05, 0.1) is 22.3 Å². The SMILES string of the molecule is CCCO[C@H]1CC[C@H](N(C(=O)Nc2ncc(SCC(=O)O)s2)C2CCCCCC2)CC1. The second-order valence-corrected chi connectivity index (χ2v) is 10.8. The van der Waals surface area contributed by atoms with E-state index in [4.69, 9.17) is 9.84 Å². The number of carboxylic acids is 1. The summed E-state index contributed by atoms with van der Waals surface area (Å²) in [5.74, 6) is -0.866. The number of nitrogens with one attached hydrogen (secondary N) is 1. The van der Waals surface area contributed by atoms with Crippen LogP contribution in [-0.4, -0.2) is 57.5 Å². The van der Waals surface area contributed by atoms with Gasteiger partial charge in [-0.05, 0) is 44.9 Å². The number of rotatable bonds is 9. The fourth-order valence-corrected chi connectivity index (χ4v) is 6.20. The van der Waals surface area contributed by atoms with E-state index >= 15 is 0 Å². The number of ether oxygens (including phenoxy) is 1. The van der Waals surface area contributed by atoms with Crippen molar-refractivity contribution in [2.24, 2.45) is 0 Å². The van der Waals surface area contributed by atoms with Crippen LogP contribution in [0.4, 0.5) is 9.93 Å². The lowest BCUT2D eigenvalue weighted by molar-refractivity contribution is -0.133. The van der Waals surface area contributed by atoms with E-state index in [2.05, 4.69) is 22.1 Å². The standard InChI is InChI=1S/C22H35N3O4S2/c1-2-13-29-18-11-9-17(10-12-18)25(16-7-5-3-4-6-8-16)22(28)24-21-23-14-20(31-21)30-15-19(26)27/h14,16-18H,2-13,15H2,1H3,(H,26,27)(H,23,24,28)/t17-,18-. The molecule has 9 heteroatoms. The fourth-order valence-electron chi connectivity index (χ4n) is 4.61. The predicted octanol–water partition coefficient (Wildman–Crippen LogP) is 5.61. The van der Waals surface area contributed by atoms with Crippen molar-refractivity contribution < 1.29 is 19.4 Å². The topological polar surface area (TPSA) is 91.8 Å². The monoisotopic (exact) mass is 469 g/mol. The highest BCUT2D eigenvalue weighted by Crippen LogP contribution is 2.33. The second kappa shape index (κ2) is 12.6. The van der Waals surface area contributed by atoms with Gasteiger partial charge in [0, 0.05) is 18.7 Å². The number of amides is 2. The van der Waals surface area contributed by atoms with E-state index in [1.165, 1.54) is 48.8 Å². The Morgan fingerprint density at radius 1 is 1.16 bits per heavy atom. The number of nitrogens with zero attached hydrogens (tertiary/aromatic N) is 2. The summed E-state index contributed by atoms with van der Waals surface area (Å²) in [4.78, 5) is 30.6. The van der Waals surface area contributed by atoms with Gasteiger partial charge in [0.25, 0.3) is 0 Å². The molecule has 2 fully saturated rings. The molecule has 1 aromatic heterocycles. The molecule has 1 heterocycles. The van der Waals surface area contributed by atoms with Gasteiger partial charge in [-0.25, -0.2) is 9.78 Å². The van der Waals surface area contributed by atoms with Crippen LogP contribution in [0.3, 0.4) is 0 Å². The molecule has 0 radical (unpaired) electrons. The third kappa shape index (κ3) is 7.64. The van der Waals surface area contributed by atoms with Crippen LogP contribution >= 0.6 is 23.1 Å². The average molecular weight is 470 g/mol. The van der Waals surface area contributed by atoms with E-state index in [0.29, 0.717) is 11.2 Å². The molecule has 0 aliphatic heterocycles. The molecule has 1 aromatic rings. The third-order valence-corrected chi connectivity index (χ3v) is 8.18. The minimum atomic E-state index is -0.859. The van der Waals surface area contributed by atoms with Crippen LogP contribution in [0.5, 0.6) is 0 Å². The number of thiazole rings is 1. The lowest BCUT2D eigenvalue weighted by atomic mass is 9.90. The molecule has 3 rings (SSSR count). The van der Waals surface area contributed by atoms with Gasteiger partial charge in [0.15, 0.2) is 5.13 Å². The van der Waals surface area contributed by atoms with Crippen LogP contribution in [0.1, 0.15) is 77.6 Å². The Bertz CT molecular complexity index is 699. The van der Waals surface area contributed by atoms with Crippen molar-refractivity contribution in [3.05, 3.63) is 6.20 Å². The smallest absolute Gasteiger partial charge is 0.324 e. The highest BCUT2D eigenvalue weighted by molar-refractivity contribution is 8.01. The number of thioether (sulfide) groups is 1. The molecule has 2 amide bonds. The van der Waals surface area contributed by atoms with Crippen LogP contribution in [0, 0.1) is 0 Å². The second-order valence-electron chi connectivity index (χ2n) is 8.45. The van der Waals surface area contributed by atoms with Crippen molar-refractivity contribution in [2.45, 2.75) is 99.9 Å². The van der Waals surface area contributed by atoms with Crippen molar-refractivity contribution in [3.63, 3.8) is 0 Å². The van der Waals surface area contributed by atoms with E-state index in [-0.39, 0.29) is 23.9 Å². The first-order valence-corrected chi connectivity index (χ1v) is 13.4. The third-order valence-electron chi connectivity index (χ3n) is 6.08. The molecule has 0 aromatic carbocycles. The molecular formula is C22H35N3O4S2. The summed E-state index contributed by atoms with van der Waals surface area (Å²) in [5.41, 5.74) is 0. The van der Waals surface area contributed by atoms with Crippen molar-refractivity contribution in [1.82, 2.24) is 9.88 Å². The number of aliphatic carboxylic acids is 1. The molecule has 0 saturated heterocycles. The van der Waals surface area contributed by atoms with Gasteiger partial charge >= 0.3 is 12.0 Å². The first kappa shape index (κ1) is 24.3. The molecule has 174 valence electrons. The molecular weight excluding hydrogens is 434 g/mol. The Morgan fingerprint density at radius 2 is 1.84 bits per heavy atom. The molecule has 2 aliphatic carbocycles. The number of carboxylic acid groups (broad SMARTS) is 1. The number of aromatic nitrogens is 1. The zero-order valence-electron chi connectivity index (χ0n) is 18.4.